The Morgan fingerprint density at radius 1 is 1.22 bits per heavy atom. The van der Waals surface area contributed by atoms with Gasteiger partial charge < -0.3 is 10.1 Å². The molecule has 0 amide bonds. The normalized spacial score (nSPS) is 16.9. The van der Waals surface area contributed by atoms with E-state index in [0.717, 1.165) is 11.6 Å². The highest BCUT2D eigenvalue weighted by Gasteiger charge is 2.15. The summed E-state index contributed by atoms with van der Waals surface area (Å²) in [6.07, 6.45) is 6.48. The fraction of sp³-hybridized carbons (Fsp3) is 0.714. The highest BCUT2D eigenvalue weighted by molar-refractivity contribution is 5.39. The second-order valence-corrected chi connectivity index (χ2v) is 5.29. The van der Waals surface area contributed by atoms with Gasteiger partial charge in [0.15, 0.2) is 0 Å². The van der Waals surface area contributed by atoms with Gasteiger partial charge in [0.05, 0.1) is 7.11 Å². The van der Waals surface area contributed by atoms with Gasteiger partial charge in [-0.1, -0.05) is 33.1 Å². The van der Waals surface area contributed by atoms with E-state index in [9.17, 15) is 0 Å². The Morgan fingerprint density at radius 3 is 2.56 bits per heavy atom. The lowest BCUT2D eigenvalue weighted by atomic mass is 9.95. The summed E-state index contributed by atoms with van der Waals surface area (Å²) in [5.74, 6) is 2.70. The molecule has 0 bridgehead atoms. The zero-order chi connectivity index (χ0) is 13.0. The van der Waals surface area contributed by atoms with Gasteiger partial charge in [-0.05, 0) is 12.8 Å². The molecule has 0 aliphatic heterocycles. The van der Waals surface area contributed by atoms with Crippen molar-refractivity contribution in [3.8, 4) is 5.88 Å². The number of ether oxygens (including phenoxy) is 1. The van der Waals surface area contributed by atoms with Crippen LogP contribution in [0.2, 0.25) is 0 Å². The molecule has 0 atom stereocenters. The minimum absolute atomic E-state index is 0.312. The third-order valence-corrected chi connectivity index (χ3v) is 3.40. The standard InChI is InChI=1S/C14H23N3O/c1-10(2)14-16-12(9-13(17-14)18-3)15-11-7-5-4-6-8-11/h9-11H,4-8H2,1-3H3,(H,15,16,17). The van der Waals surface area contributed by atoms with Crippen LogP contribution in [-0.2, 0) is 0 Å². The van der Waals surface area contributed by atoms with Crippen LogP contribution in [0.5, 0.6) is 5.88 Å². The van der Waals surface area contributed by atoms with Crippen LogP contribution < -0.4 is 10.1 Å². The summed E-state index contributed by atoms with van der Waals surface area (Å²) in [5.41, 5.74) is 0. The number of hydrogen-bond donors (Lipinski definition) is 1. The van der Waals surface area contributed by atoms with E-state index in [1.165, 1.54) is 32.1 Å². The zero-order valence-electron chi connectivity index (χ0n) is 11.6. The molecular weight excluding hydrogens is 226 g/mol. The molecule has 4 nitrogen and oxygen atoms in total. The van der Waals surface area contributed by atoms with Gasteiger partial charge in [0.2, 0.25) is 5.88 Å². The molecule has 0 spiro atoms. The van der Waals surface area contributed by atoms with Gasteiger partial charge in [-0.25, -0.2) is 4.98 Å². The second kappa shape index (κ2) is 6.03. The van der Waals surface area contributed by atoms with Gasteiger partial charge in [-0.15, -0.1) is 0 Å². The minimum Gasteiger partial charge on any atom is -0.481 e. The monoisotopic (exact) mass is 249 g/mol. The summed E-state index contributed by atoms with van der Waals surface area (Å²) in [6.45, 7) is 4.19. The predicted molar refractivity (Wildman–Crippen MR) is 73.2 cm³/mol. The van der Waals surface area contributed by atoms with Crippen LogP contribution in [0, 0.1) is 0 Å². The maximum atomic E-state index is 5.24. The number of hydrogen-bond acceptors (Lipinski definition) is 4. The van der Waals surface area contributed by atoms with Gasteiger partial charge in [0, 0.05) is 18.0 Å². The molecule has 1 N–H and O–H groups in total. The Bertz CT molecular complexity index is 387. The van der Waals surface area contributed by atoms with Crippen molar-refractivity contribution in [1.29, 1.82) is 0 Å². The molecule has 100 valence electrons. The molecule has 18 heavy (non-hydrogen) atoms. The summed E-state index contributed by atoms with van der Waals surface area (Å²) in [6, 6.07) is 2.44. The number of nitrogens with one attached hydrogen (secondary N) is 1. The van der Waals surface area contributed by atoms with E-state index in [0.29, 0.717) is 17.8 Å². The van der Waals surface area contributed by atoms with Crippen molar-refractivity contribution in [1.82, 2.24) is 9.97 Å². The molecule has 0 unspecified atom stereocenters. The third kappa shape index (κ3) is 3.34. The van der Waals surface area contributed by atoms with Crippen molar-refractivity contribution >= 4 is 5.82 Å². The first-order chi connectivity index (χ1) is 8.69. The third-order valence-electron chi connectivity index (χ3n) is 3.40. The van der Waals surface area contributed by atoms with Crippen LogP contribution >= 0.6 is 0 Å². The minimum atomic E-state index is 0.312. The average Bonchev–Trinajstić information content (AvgIpc) is 2.39. The highest BCUT2D eigenvalue weighted by Crippen LogP contribution is 2.23. The molecule has 1 saturated carbocycles. The number of nitrogens with zero attached hydrogens (tertiary/aromatic N) is 2. The van der Waals surface area contributed by atoms with Crippen molar-refractivity contribution in [3.63, 3.8) is 0 Å². The lowest BCUT2D eigenvalue weighted by Gasteiger charge is -2.23. The first-order valence-electron chi connectivity index (χ1n) is 6.88. The SMILES string of the molecule is COc1cc(NC2CCCCC2)nc(C(C)C)n1. The first-order valence-corrected chi connectivity index (χ1v) is 6.88. The van der Waals surface area contributed by atoms with Crippen LogP contribution in [0.4, 0.5) is 5.82 Å². The first kappa shape index (κ1) is 13.1. The number of aromatic nitrogens is 2. The molecule has 1 fully saturated rings. The highest BCUT2D eigenvalue weighted by atomic mass is 16.5. The molecule has 1 aromatic heterocycles. The van der Waals surface area contributed by atoms with E-state index in [-0.39, 0.29) is 0 Å². The van der Waals surface area contributed by atoms with Crippen molar-refractivity contribution < 1.29 is 4.74 Å². The van der Waals surface area contributed by atoms with E-state index in [1.54, 1.807) is 7.11 Å². The van der Waals surface area contributed by atoms with Crippen LogP contribution in [0.3, 0.4) is 0 Å². The predicted octanol–water partition coefficient (Wildman–Crippen LogP) is 3.35. The van der Waals surface area contributed by atoms with Crippen molar-refractivity contribution in [2.75, 3.05) is 12.4 Å². The molecule has 1 heterocycles. The molecule has 2 rings (SSSR count). The summed E-state index contributed by atoms with van der Waals surface area (Å²) in [7, 11) is 1.65. The molecule has 0 radical (unpaired) electrons. The van der Waals surface area contributed by atoms with Gasteiger partial charge >= 0.3 is 0 Å². The second-order valence-electron chi connectivity index (χ2n) is 5.29. The molecule has 0 aromatic carbocycles. The van der Waals surface area contributed by atoms with Crippen molar-refractivity contribution in [2.45, 2.75) is 57.9 Å². The lowest BCUT2D eigenvalue weighted by molar-refractivity contribution is 0.393. The molecule has 1 aliphatic rings. The Morgan fingerprint density at radius 2 is 1.94 bits per heavy atom. The molecule has 4 heteroatoms. The maximum Gasteiger partial charge on any atom is 0.218 e. The van der Waals surface area contributed by atoms with E-state index in [2.05, 4.69) is 29.1 Å². The van der Waals surface area contributed by atoms with Gasteiger partial charge in [0.25, 0.3) is 0 Å². The fourth-order valence-corrected chi connectivity index (χ4v) is 2.34. The lowest BCUT2D eigenvalue weighted by Crippen LogP contribution is -2.23. The summed E-state index contributed by atoms with van der Waals surface area (Å²) in [4.78, 5) is 8.94. The topological polar surface area (TPSA) is 47.0 Å². The summed E-state index contributed by atoms with van der Waals surface area (Å²) >= 11 is 0. The van der Waals surface area contributed by atoms with Crippen LogP contribution in [0.1, 0.15) is 57.7 Å². The van der Waals surface area contributed by atoms with Gasteiger partial charge in [-0.2, -0.15) is 4.98 Å². The number of rotatable bonds is 4. The Balaban J connectivity index is 2.12. The molecular formula is C14H23N3O. The number of anilines is 1. The average molecular weight is 249 g/mol. The van der Waals surface area contributed by atoms with Crippen LogP contribution in [0.15, 0.2) is 6.07 Å². The Kier molecular flexibility index (Phi) is 4.39. The summed E-state index contributed by atoms with van der Waals surface area (Å²) in [5, 5.41) is 3.52. The van der Waals surface area contributed by atoms with Gasteiger partial charge in [0.1, 0.15) is 11.6 Å². The zero-order valence-corrected chi connectivity index (χ0v) is 11.6. The van der Waals surface area contributed by atoms with Crippen molar-refractivity contribution in [3.05, 3.63) is 11.9 Å². The van der Waals surface area contributed by atoms with Crippen LogP contribution in [0.25, 0.3) is 0 Å². The fourth-order valence-electron chi connectivity index (χ4n) is 2.34. The smallest absolute Gasteiger partial charge is 0.218 e. The molecule has 1 aromatic rings. The molecule has 1 aliphatic carbocycles. The molecule has 0 saturated heterocycles. The van der Waals surface area contributed by atoms with E-state index >= 15 is 0 Å². The largest absolute Gasteiger partial charge is 0.481 e. The van der Waals surface area contributed by atoms with Gasteiger partial charge in [-0.3, -0.25) is 0 Å². The van der Waals surface area contributed by atoms with Crippen molar-refractivity contribution in [2.24, 2.45) is 0 Å². The van der Waals surface area contributed by atoms with E-state index < -0.39 is 0 Å². The summed E-state index contributed by atoms with van der Waals surface area (Å²) < 4.78 is 5.24. The number of methoxy groups -OCH3 is 1. The van der Waals surface area contributed by atoms with E-state index in [1.807, 2.05) is 6.07 Å². The van der Waals surface area contributed by atoms with E-state index in [4.69, 9.17) is 4.74 Å². The van der Waals surface area contributed by atoms with Crippen LogP contribution in [-0.4, -0.2) is 23.1 Å². The maximum absolute atomic E-state index is 5.24. The quantitative estimate of drug-likeness (QED) is 0.889. The Hall–Kier alpha value is -1.32. The Labute approximate surface area is 109 Å².